The van der Waals surface area contributed by atoms with E-state index < -0.39 is 0 Å². The van der Waals surface area contributed by atoms with Crippen molar-refractivity contribution in [2.24, 2.45) is 11.8 Å². The van der Waals surface area contributed by atoms with Crippen LogP contribution < -0.4 is 0 Å². The quantitative estimate of drug-likeness (QED) is 0.185. The van der Waals surface area contributed by atoms with Gasteiger partial charge in [-0.1, -0.05) is 89.1 Å². The Morgan fingerprint density at radius 3 is 2.18 bits per heavy atom. The first-order valence-corrected chi connectivity index (χ1v) is 13.0. The normalized spacial score (nSPS) is 18.8. The van der Waals surface area contributed by atoms with Crippen molar-refractivity contribution in [2.45, 2.75) is 90.4 Å². The zero-order chi connectivity index (χ0) is 24.3. The second-order valence-electron chi connectivity index (χ2n) is 9.66. The third-order valence-corrected chi connectivity index (χ3v) is 6.66. The Kier molecular flexibility index (Phi) is 16.9. The van der Waals surface area contributed by atoms with Gasteiger partial charge in [-0.3, -0.25) is 4.79 Å². The first-order chi connectivity index (χ1) is 16.0. The summed E-state index contributed by atoms with van der Waals surface area (Å²) in [5.41, 5.74) is 3.12. The van der Waals surface area contributed by atoms with Crippen molar-refractivity contribution in [2.75, 3.05) is 26.4 Å². The van der Waals surface area contributed by atoms with Crippen LogP contribution in [0.4, 0.5) is 0 Å². The number of hydrogen-bond acceptors (Lipinski definition) is 4. The molecule has 0 saturated heterocycles. The topological polar surface area (TPSA) is 66.8 Å². The molecule has 2 rings (SSSR count). The maximum Gasteiger partial charge on any atom is 0.145 e. The molecule has 1 unspecified atom stereocenters. The molecule has 4 heteroatoms. The summed E-state index contributed by atoms with van der Waals surface area (Å²) in [6.45, 7) is 8.57. The predicted molar refractivity (Wildman–Crippen MR) is 138 cm³/mol. The van der Waals surface area contributed by atoms with Gasteiger partial charge in [0.2, 0.25) is 0 Å². The van der Waals surface area contributed by atoms with E-state index in [9.17, 15) is 9.90 Å². The number of ether oxygens (including phenoxy) is 1. The van der Waals surface area contributed by atoms with Crippen LogP contribution in [0.25, 0.3) is 0 Å². The Morgan fingerprint density at radius 2 is 1.67 bits per heavy atom. The average molecular weight is 461 g/mol. The Labute approximate surface area is 202 Å². The minimum absolute atomic E-state index is 0.0238. The molecular formula is C29H48O4. The molecule has 188 valence electrons. The molecule has 1 aliphatic rings. The first kappa shape index (κ1) is 29.5. The van der Waals surface area contributed by atoms with Gasteiger partial charge in [0, 0.05) is 19.1 Å². The van der Waals surface area contributed by atoms with E-state index >= 15 is 0 Å². The fourth-order valence-corrected chi connectivity index (χ4v) is 4.47. The lowest BCUT2D eigenvalue weighted by Gasteiger charge is -2.28. The van der Waals surface area contributed by atoms with Crippen LogP contribution in [0.1, 0.15) is 95.1 Å². The van der Waals surface area contributed by atoms with Gasteiger partial charge < -0.3 is 14.9 Å². The van der Waals surface area contributed by atoms with Gasteiger partial charge in [-0.05, 0) is 54.7 Å². The fraction of sp³-hybridized carbons (Fsp3) is 0.690. The van der Waals surface area contributed by atoms with Crippen LogP contribution in [0, 0.1) is 11.8 Å². The molecule has 0 aliphatic heterocycles. The summed E-state index contributed by atoms with van der Waals surface area (Å²) in [6.07, 6.45) is 15.2. The van der Waals surface area contributed by atoms with Gasteiger partial charge in [0.15, 0.2) is 0 Å². The Balaban J connectivity index is 0.000000981. The Bertz CT molecular complexity index is 617. The van der Waals surface area contributed by atoms with E-state index in [2.05, 4.69) is 37.8 Å². The van der Waals surface area contributed by atoms with E-state index in [0.29, 0.717) is 25.2 Å². The zero-order valence-corrected chi connectivity index (χ0v) is 21.1. The van der Waals surface area contributed by atoms with Crippen molar-refractivity contribution in [3.05, 3.63) is 47.5 Å². The molecule has 0 aromatic heterocycles. The van der Waals surface area contributed by atoms with E-state index in [1.54, 1.807) is 6.92 Å². The number of unbranched alkanes of at least 4 members (excludes halogenated alkanes) is 2. The molecular weight excluding hydrogens is 412 g/mol. The second-order valence-corrected chi connectivity index (χ2v) is 9.66. The number of aldehydes is 1. The highest BCUT2D eigenvalue weighted by molar-refractivity contribution is 5.70. The van der Waals surface area contributed by atoms with Gasteiger partial charge in [-0.25, -0.2) is 0 Å². The monoisotopic (exact) mass is 460 g/mol. The molecule has 1 aromatic carbocycles. The molecule has 0 heterocycles. The molecule has 4 nitrogen and oxygen atoms in total. The number of rotatable bonds is 15. The number of aliphatic hydroxyl groups excluding tert-OH is 2. The van der Waals surface area contributed by atoms with E-state index in [4.69, 9.17) is 9.84 Å². The van der Waals surface area contributed by atoms with Crippen molar-refractivity contribution >= 4 is 6.29 Å². The number of allylic oxidation sites excluding steroid dienone is 1. The van der Waals surface area contributed by atoms with Crippen molar-refractivity contribution in [1.29, 1.82) is 0 Å². The molecule has 2 N–H and O–H groups in total. The predicted octanol–water partition coefficient (Wildman–Crippen LogP) is 6.24. The van der Waals surface area contributed by atoms with Crippen LogP contribution in [0.2, 0.25) is 0 Å². The van der Waals surface area contributed by atoms with Crippen molar-refractivity contribution in [3.8, 4) is 0 Å². The van der Waals surface area contributed by atoms with Crippen LogP contribution >= 0.6 is 0 Å². The third-order valence-electron chi connectivity index (χ3n) is 6.66. The molecule has 1 saturated carbocycles. The fourth-order valence-electron chi connectivity index (χ4n) is 4.47. The number of aliphatic hydroxyl groups is 2. The SMILES string of the molecule is C=C(C)C=O.CCCCCC1CCC(CCc2ccc(C(CO)COCCCO)cc2)CC1. The maximum atomic E-state index is 9.64. The zero-order valence-electron chi connectivity index (χ0n) is 21.1. The average Bonchev–Trinajstić information content (AvgIpc) is 2.84. The molecule has 0 amide bonds. The smallest absolute Gasteiger partial charge is 0.145 e. The highest BCUT2D eigenvalue weighted by Gasteiger charge is 2.20. The van der Waals surface area contributed by atoms with Crippen LogP contribution in [0.15, 0.2) is 36.4 Å². The lowest BCUT2D eigenvalue weighted by atomic mass is 9.78. The molecule has 1 fully saturated rings. The summed E-state index contributed by atoms with van der Waals surface area (Å²) >= 11 is 0. The summed E-state index contributed by atoms with van der Waals surface area (Å²) in [7, 11) is 0. The van der Waals surface area contributed by atoms with E-state index in [1.807, 2.05) is 0 Å². The third kappa shape index (κ3) is 13.7. The molecule has 0 radical (unpaired) electrons. The van der Waals surface area contributed by atoms with Crippen LogP contribution in [-0.4, -0.2) is 42.9 Å². The summed E-state index contributed by atoms with van der Waals surface area (Å²) in [4.78, 5) is 9.41. The molecule has 0 bridgehead atoms. The van der Waals surface area contributed by atoms with E-state index in [1.165, 1.54) is 69.8 Å². The highest BCUT2D eigenvalue weighted by atomic mass is 16.5. The van der Waals surface area contributed by atoms with Crippen LogP contribution in [0.5, 0.6) is 0 Å². The highest BCUT2D eigenvalue weighted by Crippen LogP contribution is 2.34. The standard InChI is InChI=1S/C25H42O3.C4H6O/c1-2-3-4-6-21-7-9-22(10-8-21)11-12-23-13-15-24(16-14-23)25(19-27)20-28-18-5-17-26;1-4(2)3-5/h13-16,21-22,25-27H,2-12,17-20H2,1H3;3H,1H2,2H3. The summed E-state index contributed by atoms with van der Waals surface area (Å²) in [6, 6.07) is 8.75. The van der Waals surface area contributed by atoms with Gasteiger partial charge in [0.1, 0.15) is 6.29 Å². The lowest BCUT2D eigenvalue weighted by molar-refractivity contribution is -0.104. The van der Waals surface area contributed by atoms with Crippen molar-refractivity contribution in [1.82, 2.24) is 0 Å². The number of aryl methyl sites for hydroxylation is 1. The molecule has 0 spiro atoms. The Morgan fingerprint density at radius 1 is 1.06 bits per heavy atom. The number of benzene rings is 1. The molecule has 1 atom stereocenters. The van der Waals surface area contributed by atoms with Crippen molar-refractivity contribution in [3.63, 3.8) is 0 Å². The number of hydrogen-bond donors (Lipinski definition) is 2. The molecule has 33 heavy (non-hydrogen) atoms. The summed E-state index contributed by atoms with van der Waals surface area (Å²) < 4.78 is 5.56. The second kappa shape index (κ2) is 18.9. The largest absolute Gasteiger partial charge is 0.396 e. The van der Waals surface area contributed by atoms with Crippen LogP contribution in [0.3, 0.4) is 0 Å². The van der Waals surface area contributed by atoms with Crippen molar-refractivity contribution < 1.29 is 19.7 Å². The van der Waals surface area contributed by atoms with Gasteiger partial charge >= 0.3 is 0 Å². The molecule has 1 aromatic rings. The number of carbonyl (C=O) groups is 1. The van der Waals surface area contributed by atoms with E-state index in [0.717, 1.165) is 23.7 Å². The van der Waals surface area contributed by atoms with Gasteiger partial charge in [-0.15, -0.1) is 0 Å². The minimum Gasteiger partial charge on any atom is -0.396 e. The van der Waals surface area contributed by atoms with E-state index in [-0.39, 0.29) is 19.1 Å². The summed E-state index contributed by atoms with van der Waals surface area (Å²) in [5.74, 6) is 1.93. The number of carbonyl (C=O) groups excluding carboxylic acids is 1. The van der Waals surface area contributed by atoms with Gasteiger partial charge in [0.25, 0.3) is 0 Å². The van der Waals surface area contributed by atoms with Crippen LogP contribution in [-0.2, 0) is 16.0 Å². The maximum absolute atomic E-state index is 9.64. The first-order valence-electron chi connectivity index (χ1n) is 13.0. The Hall–Kier alpha value is -1.49. The molecule has 1 aliphatic carbocycles. The van der Waals surface area contributed by atoms with Gasteiger partial charge in [-0.2, -0.15) is 0 Å². The summed E-state index contributed by atoms with van der Waals surface area (Å²) in [5, 5.41) is 18.4. The van der Waals surface area contributed by atoms with Gasteiger partial charge in [0.05, 0.1) is 13.2 Å². The minimum atomic E-state index is 0.0238. The lowest BCUT2D eigenvalue weighted by Crippen LogP contribution is -2.15.